The predicted molar refractivity (Wildman–Crippen MR) is 112 cm³/mol. The fraction of sp³-hybridized carbons (Fsp3) is 0.476. The molecular weight excluding hydrogens is 342 g/mol. The Balaban J connectivity index is 1.54. The maximum atomic E-state index is 5.71. The number of unbranched alkanes of at least 4 members (excludes halogenated alkanes) is 1. The van der Waals surface area contributed by atoms with E-state index in [1.54, 1.807) is 0 Å². The summed E-state index contributed by atoms with van der Waals surface area (Å²) in [7, 11) is 1.82. The van der Waals surface area contributed by atoms with Gasteiger partial charge in [0.15, 0.2) is 5.96 Å². The van der Waals surface area contributed by atoms with E-state index in [2.05, 4.69) is 53.7 Å². The minimum absolute atomic E-state index is 0.355. The van der Waals surface area contributed by atoms with Crippen LogP contribution < -0.4 is 10.6 Å². The van der Waals surface area contributed by atoms with Gasteiger partial charge < -0.3 is 15.4 Å². The molecule has 0 spiro atoms. The van der Waals surface area contributed by atoms with Gasteiger partial charge in [-0.3, -0.25) is 4.99 Å². The lowest BCUT2D eigenvalue weighted by Crippen LogP contribution is -2.43. The Morgan fingerprint density at radius 2 is 1.96 bits per heavy atom. The maximum Gasteiger partial charge on any atom is 0.191 e. The third kappa shape index (κ3) is 8.02. The third-order valence-corrected chi connectivity index (χ3v) is 5.05. The summed E-state index contributed by atoms with van der Waals surface area (Å²) in [6.45, 7) is 6.72. The maximum absolute atomic E-state index is 5.71. The summed E-state index contributed by atoms with van der Waals surface area (Å²) in [4.78, 5) is 7.09. The topological polar surface area (TPSA) is 45.7 Å². The monoisotopic (exact) mass is 373 g/mol. The fourth-order valence-corrected chi connectivity index (χ4v) is 3.69. The van der Waals surface area contributed by atoms with Gasteiger partial charge in [0.2, 0.25) is 0 Å². The molecule has 0 aliphatic carbocycles. The van der Waals surface area contributed by atoms with Crippen molar-refractivity contribution >= 4 is 17.3 Å². The number of guanidine groups is 1. The molecule has 4 nitrogen and oxygen atoms in total. The molecule has 0 aliphatic heterocycles. The van der Waals surface area contributed by atoms with Gasteiger partial charge in [-0.15, -0.1) is 11.3 Å². The van der Waals surface area contributed by atoms with Crippen molar-refractivity contribution in [1.29, 1.82) is 0 Å². The molecule has 1 heterocycles. The first-order valence-corrected chi connectivity index (χ1v) is 10.1. The molecule has 0 amide bonds. The summed E-state index contributed by atoms with van der Waals surface area (Å²) in [6.07, 6.45) is 3.13. The molecule has 1 atom stereocenters. The number of ether oxygens (including phenoxy) is 1. The molecule has 0 saturated carbocycles. The fourth-order valence-electron chi connectivity index (χ4n) is 2.68. The van der Waals surface area contributed by atoms with Crippen LogP contribution in [0.3, 0.4) is 0 Å². The summed E-state index contributed by atoms with van der Waals surface area (Å²) in [5, 5.41) is 6.85. The van der Waals surface area contributed by atoms with Gasteiger partial charge >= 0.3 is 0 Å². The van der Waals surface area contributed by atoms with E-state index >= 15 is 0 Å². The molecule has 0 bridgehead atoms. The second kappa shape index (κ2) is 11.7. The Labute approximate surface area is 161 Å². The van der Waals surface area contributed by atoms with Gasteiger partial charge in [-0.25, -0.2) is 0 Å². The van der Waals surface area contributed by atoms with E-state index in [1.165, 1.54) is 15.3 Å². The van der Waals surface area contributed by atoms with Crippen LogP contribution in [-0.4, -0.2) is 32.2 Å². The molecule has 1 aromatic carbocycles. The Morgan fingerprint density at radius 3 is 2.65 bits per heavy atom. The highest BCUT2D eigenvalue weighted by atomic mass is 32.1. The van der Waals surface area contributed by atoms with Crippen molar-refractivity contribution in [2.75, 3.05) is 20.2 Å². The van der Waals surface area contributed by atoms with Crippen LogP contribution in [0, 0.1) is 6.92 Å². The van der Waals surface area contributed by atoms with E-state index in [-0.39, 0.29) is 0 Å². The van der Waals surface area contributed by atoms with Gasteiger partial charge in [0.1, 0.15) is 0 Å². The average Bonchev–Trinajstić information content (AvgIpc) is 3.05. The first-order chi connectivity index (χ1) is 12.7. The van der Waals surface area contributed by atoms with Gasteiger partial charge in [-0.05, 0) is 44.4 Å². The van der Waals surface area contributed by atoms with Crippen LogP contribution in [0.2, 0.25) is 0 Å². The molecule has 5 heteroatoms. The Hall–Kier alpha value is -1.85. The Kier molecular flexibility index (Phi) is 9.21. The Morgan fingerprint density at radius 1 is 1.15 bits per heavy atom. The predicted octanol–water partition coefficient (Wildman–Crippen LogP) is 4.15. The molecule has 1 unspecified atom stereocenters. The molecule has 26 heavy (non-hydrogen) atoms. The van der Waals surface area contributed by atoms with Crippen molar-refractivity contribution < 1.29 is 4.74 Å². The second-order valence-corrected chi connectivity index (χ2v) is 7.88. The van der Waals surface area contributed by atoms with Crippen molar-refractivity contribution in [2.24, 2.45) is 4.99 Å². The molecule has 2 rings (SSSR count). The molecule has 2 aromatic rings. The van der Waals surface area contributed by atoms with Gasteiger partial charge in [-0.1, -0.05) is 30.3 Å². The molecule has 0 radical (unpaired) electrons. The third-order valence-electron chi connectivity index (χ3n) is 4.03. The number of benzene rings is 1. The average molecular weight is 374 g/mol. The zero-order valence-electron chi connectivity index (χ0n) is 16.1. The number of hydrogen-bond acceptors (Lipinski definition) is 3. The van der Waals surface area contributed by atoms with Crippen LogP contribution in [-0.2, 0) is 17.8 Å². The van der Waals surface area contributed by atoms with E-state index in [0.717, 1.165) is 38.4 Å². The normalized spacial score (nSPS) is 12.8. The smallest absolute Gasteiger partial charge is 0.191 e. The van der Waals surface area contributed by atoms with Crippen molar-refractivity contribution in [3.63, 3.8) is 0 Å². The van der Waals surface area contributed by atoms with E-state index in [1.807, 2.05) is 36.6 Å². The van der Waals surface area contributed by atoms with Gasteiger partial charge in [0.05, 0.1) is 6.61 Å². The summed E-state index contributed by atoms with van der Waals surface area (Å²) in [5.74, 6) is 0.871. The lowest BCUT2D eigenvalue weighted by molar-refractivity contribution is 0.117. The lowest BCUT2D eigenvalue weighted by Gasteiger charge is -2.17. The van der Waals surface area contributed by atoms with E-state index in [4.69, 9.17) is 4.74 Å². The molecule has 142 valence electrons. The van der Waals surface area contributed by atoms with Crippen LogP contribution in [0.4, 0.5) is 0 Å². The largest absolute Gasteiger partial charge is 0.377 e. The number of aliphatic imine (C=N–C) groups is 1. The van der Waals surface area contributed by atoms with Gasteiger partial charge in [-0.2, -0.15) is 0 Å². The van der Waals surface area contributed by atoms with Crippen LogP contribution in [0.25, 0.3) is 0 Å². The zero-order valence-corrected chi connectivity index (χ0v) is 16.9. The molecule has 0 aliphatic rings. The van der Waals surface area contributed by atoms with Crippen LogP contribution >= 0.6 is 11.3 Å². The first-order valence-electron chi connectivity index (χ1n) is 9.31. The minimum Gasteiger partial charge on any atom is -0.377 e. The number of thiophene rings is 1. The highest BCUT2D eigenvalue weighted by molar-refractivity contribution is 7.11. The van der Waals surface area contributed by atoms with Crippen LogP contribution in [0.15, 0.2) is 47.5 Å². The van der Waals surface area contributed by atoms with E-state index in [0.29, 0.717) is 12.6 Å². The number of hydrogen-bond donors (Lipinski definition) is 2. The van der Waals surface area contributed by atoms with E-state index in [9.17, 15) is 0 Å². The summed E-state index contributed by atoms with van der Waals surface area (Å²) >= 11 is 1.86. The highest BCUT2D eigenvalue weighted by Gasteiger charge is 2.07. The van der Waals surface area contributed by atoms with Crippen molar-refractivity contribution in [3.05, 3.63) is 57.8 Å². The summed E-state index contributed by atoms with van der Waals surface area (Å²) in [5.41, 5.74) is 1.23. The van der Waals surface area contributed by atoms with Crippen molar-refractivity contribution in [3.8, 4) is 0 Å². The zero-order chi connectivity index (χ0) is 18.6. The number of nitrogens with zero attached hydrogens (tertiary/aromatic N) is 1. The second-order valence-electron chi connectivity index (χ2n) is 6.51. The molecule has 0 saturated heterocycles. The lowest BCUT2D eigenvalue weighted by atomic mass is 10.2. The Bertz CT molecular complexity index is 654. The molecular formula is C21H31N3OS. The van der Waals surface area contributed by atoms with Gasteiger partial charge in [0, 0.05) is 42.4 Å². The van der Waals surface area contributed by atoms with E-state index < -0.39 is 0 Å². The van der Waals surface area contributed by atoms with Crippen LogP contribution in [0.1, 0.15) is 35.1 Å². The number of rotatable bonds is 10. The summed E-state index contributed by atoms with van der Waals surface area (Å²) < 4.78 is 5.71. The number of aryl methyl sites for hydroxylation is 1. The van der Waals surface area contributed by atoms with Crippen molar-refractivity contribution in [1.82, 2.24) is 10.6 Å². The molecule has 1 aromatic heterocycles. The number of nitrogens with one attached hydrogen (secondary N) is 2. The minimum atomic E-state index is 0.355. The summed E-state index contributed by atoms with van der Waals surface area (Å²) in [6, 6.07) is 15.0. The SMILES string of the molecule is CN=C(NCCCCOCc1ccccc1)NC(C)Cc1ccc(C)s1. The van der Waals surface area contributed by atoms with Gasteiger partial charge in [0.25, 0.3) is 0 Å². The standard InChI is InChI=1S/C21H31N3OS/c1-17(15-20-12-11-18(2)26-20)24-21(22-3)23-13-7-8-14-25-16-19-9-5-4-6-10-19/h4-6,9-12,17H,7-8,13-16H2,1-3H3,(H2,22,23,24). The first kappa shape index (κ1) is 20.5. The van der Waals surface area contributed by atoms with Crippen LogP contribution in [0.5, 0.6) is 0 Å². The quantitative estimate of drug-likeness (QED) is 0.374. The molecule has 0 fully saturated rings. The highest BCUT2D eigenvalue weighted by Crippen LogP contribution is 2.16. The van der Waals surface area contributed by atoms with Crippen molar-refractivity contribution in [2.45, 2.75) is 45.8 Å². The molecule has 2 N–H and O–H groups in total.